The molecule has 0 radical (unpaired) electrons. The van der Waals surface area contributed by atoms with E-state index in [1.807, 2.05) is 43.1 Å². The van der Waals surface area contributed by atoms with Crippen molar-refractivity contribution in [3.63, 3.8) is 0 Å². The number of likely N-dealkylation sites (N-methyl/N-ethyl adjacent to an activating group) is 1. The molecule has 0 saturated carbocycles. The summed E-state index contributed by atoms with van der Waals surface area (Å²) in [6.45, 7) is 2.47. The predicted molar refractivity (Wildman–Crippen MR) is 112 cm³/mol. The summed E-state index contributed by atoms with van der Waals surface area (Å²) in [4.78, 5) is 6.81. The number of ether oxygens (including phenoxy) is 1. The van der Waals surface area contributed by atoms with Crippen LogP contribution in [0.15, 0.2) is 57.9 Å². The molecule has 1 N–H and O–H groups in total. The molecular formula is C21H24N4O4S. The monoisotopic (exact) mass is 428 g/mol. The van der Waals surface area contributed by atoms with E-state index < -0.39 is 10.0 Å². The molecule has 3 aromatic rings. The van der Waals surface area contributed by atoms with Gasteiger partial charge in [0.1, 0.15) is 5.75 Å². The number of sulfonamides is 1. The van der Waals surface area contributed by atoms with Crippen molar-refractivity contribution in [2.45, 2.75) is 30.3 Å². The van der Waals surface area contributed by atoms with Crippen molar-refractivity contribution >= 4 is 10.0 Å². The van der Waals surface area contributed by atoms with Crippen LogP contribution in [0.4, 0.5) is 0 Å². The maximum atomic E-state index is 12.7. The van der Waals surface area contributed by atoms with E-state index in [-0.39, 0.29) is 17.0 Å². The third kappa shape index (κ3) is 4.23. The van der Waals surface area contributed by atoms with Gasteiger partial charge in [0.15, 0.2) is 0 Å². The quantitative estimate of drug-likeness (QED) is 0.645. The minimum Gasteiger partial charge on any atom is -0.497 e. The summed E-state index contributed by atoms with van der Waals surface area (Å²) in [5.41, 5.74) is 1.83. The van der Waals surface area contributed by atoms with Crippen LogP contribution >= 0.6 is 0 Å². The van der Waals surface area contributed by atoms with Gasteiger partial charge in [-0.05, 0) is 56.8 Å². The Bertz CT molecular complexity index is 1110. The van der Waals surface area contributed by atoms with E-state index in [2.05, 4.69) is 14.9 Å². The second-order valence-corrected chi connectivity index (χ2v) is 9.22. The minimum atomic E-state index is -3.59. The Balaban J connectivity index is 1.46. The average molecular weight is 429 g/mol. The molecule has 9 heteroatoms. The highest BCUT2D eigenvalue weighted by Crippen LogP contribution is 2.32. The maximum Gasteiger partial charge on any atom is 0.244 e. The van der Waals surface area contributed by atoms with Crippen LogP contribution in [0.25, 0.3) is 11.4 Å². The highest BCUT2D eigenvalue weighted by atomic mass is 32.2. The number of aryl methyl sites for hydroxylation is 1. The molecule has 0 spiro atoms. The smallest absolute Gasteiger partial charge is 0.244 e. The van der Waals surface area contributed by atoms with Crippen LogP contribution in [0.1, 0.15) is 23.9 Å². The fourth-order valence-electron chi connectivity index (χ4n) is 3.61. The maximum absolute atomic E-state index is 12.7. The summed E-state index contributed by atoms with van der Waals surface area (Å²) in [5, 5.41) is 4.08. The molecule has 8 nitrogen and oxygen atoms in total. The predicted octanol–water partition coefficient (Wildman–Crippen LogP) is 2.78. The van der Waals surface area contributed by atoms with Crippen molar-refractivity contribution in [3.8, 4) is 17.1 Å². The molecule has 2 unspecified atom stereocenters. The van der Waals surface area contributed by atoms with Crippen molar-refractivity contribution in [2.24, 2.45) is 0 Å². The van der Waals surface area contributed by atoms with Crippen LogP contribution in [0.3, 0.4) is 0 Å². The highest BCUT2D eigenvalue weighted by Gasteiger charge is 2.36. The number of methoxy groups -OCH3 is 1. The highest BCUT2D eigenvalue weighted by molar-refractivity contribution is 7.89. The molecule has 0 bridgehead atoms. The zero-order chi connectivity index (χ0) is 21.3. The number of hydrogen-bond donors (Lipinski definition) is 1. The standard InChI is InChI=1S/C21H24N4O4S/c1-14-4-10-18(11-5-14)30(26,27)24-16-12-19(25(2)13-16)21-22-20(23-29-21)15-6-8-17(28-3)9-7-15/h4-11,16,19,24H,12-13H2,1-3H3. The fraction of sp³-hybridized carbons (Fsp3) is 0.333. The van der Waals surface area contributed by atoms with Gasteiger partial charge in [-0.15, -0.1) is 0 Å². The summed E-state index contributed by atoms with van der Waals surface area (Å²) in [5.74, 6) is 1.71. The van der Waals surface area contributed by atoms with Gasteiger partial charge in [-0.1, -0.05) is 22.9 Å². The van der Waals surface area contributed by atoms with E-state index in [4.69, 9.17) is 9.26 Å². The zero-order valence-corrected chi connectivity index (χ0v) is 17.9. The second-order valence-electron chi connectivity index (χ2n) is 7.51. The Labute approximate surface area is 175 Å². The van der Waals surface area contributed by atoms with Crippen LogP contribution in [0.5, 0.6) is 5.75 Å². The van der Waals surface area contributed by atoms with Gasteiger partial charge < -0.3 is 9.26 Å². The molecule has 1 saturated heterocycles. The number of hydrogen-bond acceptors (Lipinski definition) is 7. The first-order valence-electron chi connectivity index (χ1n) is 9.63. The first kappa shape index (κ1) is 20.5. The summed E-state index contributed by atoms with van der Waals surface area (Å²) in [6.07, 6.45) is 0.547. The Hall–Kier alpha value is -2.75. The number of rotatable bonds is 6. The van der Waals surface area contributed by atoms with Gasteiger partial charge in [0.2, 0.25) is 21.7 Å². The molecule has 2 aromatic carbocycles. The molecule has 2 heterocycles. The normalized spacial score (nSPS) is 19.8. The van der Waals surface area contributed by atoms with E-state index in [0.29, 0.717) is 24.7 Å². The van der Waals surface area contributed by atoms with Gasteiger partial charge in [-0.3, -0.25) is 4.90 Å². The summed E-state index contributed by atoms with van der Waals surface area (Å²) in [7, 11) is -0.0584. The molecule has 2 atom stereocenters. The van der Waals surface area contributed by atoms with Crippen molar-refractivity contribution in [1.82, 2.24) is 19.8 Å². The molecule has 1 aliphatic heterocycles. The van der Waals surface area contributed by atoms with Gasteiger partial charge in [0.05, 0.1) is 18.0 Å². The molecule has 0 amide bonds. The van der Waals surface area contributed by atoms with Crippen molar-refractivity contribution in [2.75, 3.05) is 20.7 Å². The average Bonchev–Trinajstić information content (AvgIpc) is 3.34. The van der Waals surface area contributed by atoms with Gasteiger partial charge >= 0.3 is 0 Å². The van der Waals surface area contributed by atoms with Crippen molar-refractivity contribution < 1.29 is 17.7 Å². The summed E-state index contributed by atoms with van der Waals surface area (Å²) >= 11 is 0. The number of nitrogens with zero attached hydrogens (tertiary/aromatic N) is 3. The summed E-state index contributed by atoms with van der Waals surface area (Å²) < 4.78 is 38.9. The lowest BCUT2D eigenvalue weighted by molar-refractivity contribution is 0.244. The van der Waals surface area contributed by atoms with Crippen LogP contribution in [0.2, 0.25) is 0 Å². The second kappa shape index (κ2) is 8.17. The Morgan fingerprint density at radius 2 is 1.83 bits per heavy atom. The minimum absolute atomic E-state index is 0.157. The largest absolute Gasteiger partial charge is 0.497 e. The van der Waals surface area contributed by atoms with E-state index in [1.165, 1.54) is 0 Å². The van der Waals surface area contributed by atoms with Gasteiger partial charge in [0.25, 0.3) is 0 Å². The van der Waals surface area contributed by atoms with E-state index in [1.54, 1.807) is 31.4 Å². The topological polar surface area (TPSA) is 97.6 Å². The third-order valence-electron chi connectivity index (χ3n) is 5.28. The number of likely N-dealkylation sites (tertiary alicyclic amines) is 1. The lowest BCUT2D eigenvalue weighted by Crippen LogP contribution is -2.36. The van der Waals surface area contributed by atoms with Crippen LogP contribution in [-0.4, -0.2) is 50.2 Å². The zero-order valence-electron chi connectivity index (χ0n) is 17.1. The van der Waals surface area contributed by atoms with Crippen molar-refractivity contribution in [3.05, 3.63) is 60.0 Å². The van der Waals surface area contributed by atoms with E-state index in [0.717, 1.165) is 16.9 Å². The van der Waals surface area contributed by atoms with Crippen molar-refractivity contribution in [1.29, 1.82) is 0 Å². The first-order valence-corrected chi connectivity index (χ1v) is 11.1. The van der Waals surface area contributed by atoms with Gasteiger partial charge in [0, 0.05) is 18.2 Å². The molecule has 4 rings (SSSR count). The SMILES string of the molecule is COc1ccc(-c2noc(C3CC(NS(=O)(=O)c4ccc(C)cc4)CN3C)n2)cc1. The number of aromatic nitrogens is 2. The molecule has 1 aliphatic rings. The lowest BCUT2D eigenvalue weighted by Gasteiger charge is -2.14. The Morgan fingerprint density at radius 1 is 1.13 bits per heavy atom. The van der Waals surface area contributed by atoms with Gasteiger partial charge in [-0.25, -0.2) is 13.1 Å². The fourth-order valence-corrected chi connectivity index (χ4v) is 4.85. The molecule has 1 fully saturated rings. The Kier molecular flexibility index (Phi) is 5.59. The van der Waals surface area contributed by atoms with Crippen LogP contribution < -0.4 is 9.46 Å². The van der Waals surface area contributed by atoms with E-state index in [9.17, 15) is 8.42 Å². The molecule has 1 aromatic heterocycles. The Morgan fingerprint density at radius 3 is 2.50 bits per heavy atom. The van der Waals surface area contributed by atoms with Gasteiger partial charge in [-0.2, -0.15) is 4.98 Å². The third-order valence-corrected chi connectivity index (χ3v) is 6.81. The molecule has 0 aliphatic carbocycles. The molecular weight excluding hydrogens is 404 g/mol. The summed E-state index contributed by atoms with van der Waals surface area (Å²) in [6, 6.07) is 13.8. The van der Waals surface area contributed by atoms with Crippen LogP contribution in [-0.2, 0) is 10.0 Å². The number of benzene rings is 2. The molecule has 158 valence electrons. The first-order chi connectivity index (χ1) is 14.4. The number of nitrogens with one attached hydrogen (secondary N) is 1. The van der Waals surface area contributed by atoms with E-state index >= 15 is 0 Å². The molecule has 30 heavy (non-hydrogen) atoms. The van der Waals surface area contributed by atoms with Crippen LogP contribution in [0, 0.1) is 6.92 Å². The lowest BCUT2D eigenvalue weighted by atomic mass is 10.2.